The second-order valence-electron chi connectivity index (χ2n) is 4.56. The molecule has 1 unspecified atom stereocenters. The minimum Gasteiger partial charge on any atom is -0.453 e. The van der Waals surface area contributed by atoms with E-state index in [9.17, 15) is 9.59 Å². The number of imidazole rings is 1. The minimum atomic E-state index is -0.608. The predicted molar refractivity (Wildman–Crippen MR) is 70.7 cm³/mol. The van der Waals surface area contributed by atoms with E-state index in [4.69, 9.17) is 0 Å². The van der Waals surface area contributed by atoms with Crippen molar-refractivity contribution >= 4 is 11.9 Å². The summed E-state index contributed by atoms with van der Waals surface area (Å²) in [6.45, 7) is 3.80. The number of hydrogen-bond donors (Lipinski definition) is 1. The van der Waals surface area contributed by atoms with Gasteiger partial charge in [-0.25, -0.2) is 9.78 Å². The van der Waals surface area contributed by atoms with Crippen molar-refractivity contribution in [3.63, 3.8) is 0 Å². The van der Waals surface area contributed by atoms with Gasteiger partial charge in [0.05, 0.1) is 13.2 Å². The molecule has 2 atom stereocenters. The van der Waals surface area contributed by atoms with Crippen molar-refractivity contribution in [2.75, 3.05) is 7.11 Å². The number of aryl methyl sites for hydroxylation is 1. The molecule has 0 radical (unpaired) electrons. The van der Waals surface area contributed by atoms with Crippen LogP contribution in [0, 0.1) is 5.92 Å². The molecule has 6 heteroatoms. The van der Waals surface area contributed by atoms with Crippen LogP contribution in [0.2, 0.25) is 0 Å². The summed E-state index contributed by atoms with van der Waals surface area (Å²) in [5, 5.41) is 2.58. The molecule has 0 fully saturated rings. The molecule has 0 aliphatic heterocycles. The molecule has 0 aromatic carbocycles. The lowest BCUT2D eigenvalue weighted by Crippen LogP contribution is -2.44. The zero-order valence-corrected chi connectivity index (χ0v) is 11.8. The van der Waals surface area contributed by atoms with Crippen LogP contribution < -0.4 is 5.32 Å². The fourth-order valence-corrected chi connectivity index (χ4v) is 1.74. The van der Waals surface area contributed by atoms with Crippen molar-refractivity contribution < 1.29 is 14.3 Å². The van der Waals surface area contributed by atoms with Gasteiger partial charge in [0.15, 0.2) is 5.78 Å². The normalized spacial score (nSPS) is 13.7. The Morgan fingerprint density at radius 3 is 2.68 bits per heavy atom. The van der Waals surface area contributed by atoms with Gasteiger partial charge in [-0.3, -0.25) is 4.79 Å². The SMILES string of the molecule is CCC(C)C(=O)[C@H](Cc1nccn1C)NC(=O)OC. The lowest BCUT2D eigenvalue weighted by molar-refractivity contribution is -0.124. The molecule has 0 aliphatic rings. The molecule has 1 heterocycles. The number of nitrogens with zero attached hydrogens (tertiary/aromatic N) is 2. The number of carbonyl (C=O) groups is 2. The maximum absolute atomic E-state index is 12.3. The summed E-state index contributed by atoms with van der Waals surface area (Å²) in [5.41, 5.74) is 0. The van der Waals surface area contributed by atoms with E-state index in [0.29, 0.717) is 6.42 Å². The Morgan fingerprint density at radius 2 is 2.21 bits per heavy atom. The number of ketones is 1. The third-order valence-electron chi connectivity index (χ3n) is 3.23. The van der Waals surface area contributed by atoms with Gasteiger partial charge in [-0.2, -0.15) is 0 Å². The van der Waals surface area contributed by atoms with Crippen LogP contribution in [0.25, 0.3) is 0 Å². The minimum absolute atomic E-state index is 0.00380. The largest absolute Gasteiger partial charge is 0.453 e. The molecular formula is C13H21N3O3. The molecule has 1 aromatic rings. The maximum Gasteiger partial charge on any atom is 0.407 e. The fourth-order valence-electron chi connectivity index (χ4n) is 1.74. The number of hydrogen-bond acceptors (Lipinski definition) is 4. The molecule has 1 N–H and O–H groups in total. The van der Waals surface area contributed by atoms with Gasteiger partial charge in [-0.15, -0.1) is 0 Å². The second-order valence-corrected chi connectivity index (χ2v) is 4.56. The van der Waals surface area contributed by atoms with E-state index >= 15 is 0 Å². The number of nitrogens with one attached hydrogen (secondary N) is 1. The van der Waals surface area contributed by atoms with Gasteiger partial charge in [0.1, 0.15) is 5.82 Å². The van der Waals surface area contributed by atoms with Crippen molar-refractivity contribution in [3.05, 3.63) is 18.2 Å². The number of ether oxygens (including phenoxy) is 1. The Balaban J connectivity index is 2.83. The Hall–Kier alpha value is -1.85. The van der Waals surface area contributed by atoms with Gasteiger partial charge in [-0.05, 0) is 6.42 Å². The van der Waals surface area contributed by atoms with E-state index in [1.807, 2.05) is 25.5 Å². The van der Waals surface area contributed by atoms with Crippen molar-refractivity contribution in [2.45, 2.75) is 32.7 Å². The van der Waals surface area contributed by atoms with E-state index in [0.717, 1.165) is 12.2 Å². The monoisotopic (exact) mass is 267 g/mol. The van der Waals surface area contributed by atoms with Gasteiger partial charge in [0, 0.05) is 31.8 Å². The molecule has 0 spiro atoms. The third-order valence-corrected chi connectivity index (χ3v) is 3.23. The second kappa shape index (κ2) is 6.92. The summed E-state index contributed by atoms with van der Waals surface area (Å²) in [6.07, 6.45) is 3.97. The van der Waals surface area contributed by atoms with Gasteiger partial charge in [-0.1, -0.05) is 13.8 Å². The molecule has 0 saturated heterocycles. The Morgan fingerprint density at radius 1 is 1.53 bits per heavy atom. The predicted octanol–water partition coefficient (Wildman–Crippen LogP) is 1.30. The Labute approximate surface area is 113 Å². The van der Waals surface area contributed by atoms with Crippen molar-refractivity contribution in [2.24, 2.45) is 13.0 Å². The number of alkyl carbamates (subject to hydrolysis) is 1. The lowest BCUT2D eigenvalue weighted by Gasteiger charge is -2.19. The Kier molecular flexibility index (Phi) is 5.54. The first-order chi connectivity index (χ1) is 8.99. The first-order valence-electron chi connectivity index (χ1n) is 6.34. The van der Waals surface area contributed by atoms with E-state index in [1.54, 1.807) is 12.4 Å². The number of Topliss-reactive ketones (excluding diaryl/α,β-unsaturated/α-hetero) is 1. The van der Waals surface area contributed by atoms with E-state index < -0.39 is 12.1 Å². The molecule has 6 nitrogen and oxygen atoms in total. The molecule has 0 saturated carbocycles. The van der Waals surface area contributed by atoms with Crippen molar-refractivity contribution in [1.29, 1.82) is 0 Å². The van der Waals surface area contributed by atoms with Crippen LogP contribution in [0.1, 0.15) is 26.1 Å². The molecule has 0 aliphatic carbocycles. The summed E-state index contributed by atoms with van der Waals surface area (Å²) >= 11 is 0. The van der Waals surface area contributed by atoms with E-state index in [-0.39, 0.29) is 11.7 Å². The van der Waals surface area contributed by atoms with Crippen molar-refractivity contribution in [3.8, 4) is 0 Å². The Bertz CT molecular complexity index is 442. The average Bonchev–Trinajstić information content (AvgIpc) is 2.81. The van der Waals surface area contributed by atoms with Gasteiger partial charge in [0.2, 0.25) is 0 Å². The highest BCUT2D eigenvalue weighted by atomic mass is 16.5. The third kappa shape index (κ3) is 4.08. The highest BCUT2D eigenvalue weighted by Crippen LogP contribution is 2.10. The molecule has 1 amide bonds. The van der Waals surface area contributed by atoms with Gasteiger partial charge in [0.25, 0.3) is 0 Å². The number of aromatic nitrogens is 2. The number of methoxy groups -OCH3 is 1. The van der Waals surface area contributed by atoms with Crippen LogP contribution in [0.3, 0.4) is 0 Å². The van der Waals surface area contributed by atoms with E-state index in [2.05, 4.69) is 15.0 Å². The standard InChI is InChI=1S/C13H21N3O3/c1-5-9(2)12(17)10(15-13(18)19-4)8-11-14-6-7-16(11)3/h6-7,9-10H,5,8H2,1-4H3,(H,15,18)/t9?,10-/m0/s1. The highest BCUT2D eigenvalue weighted by molar-refractivity contribution is 5.89. The first-order valence-corrected chi connectivity index (χ1v) is 6.34. The topological polar surface area (TPSA) is 73.2 Å². The van der Waals surface area contributed by atoms with Crippen LogP contribution >= 0.6 is 0 Å². The molecule has 0 bridgehead atoms. The zero-order chi connectivity index (χ0) is 14.4. The summed E-state index contributed by atoms with van der Waals surface area (Å²) in [6, 6.07) is -0.608. The first kappa shape index (κ1) is 15.2. The maximum atomic E-state index is 12.3. The van der Waals surface area contributed by atoms with Gasteiger partial charge >= 0.3 is 6.09 Å². The van der Waals surface area contributed by atoms with Crippen LogP contribution in [-0.4, -0.2) is 34.6 Å². The smallest absolute Gasteiger partial charge is 0.407 e. The number of rotatable bonds is 6. The quantitative estimate of drug-likeness (QED) is 0.843. The molecule has 1 rings (SSSR count). The van der Waals surface area contributed by atoms with Crippen LogP contribution in [0.4, 0.5) is 4.79 Å². The summed E-state index contributed by atoms with van der Waals surface area (Å²) < 4.78 is 6.39. The number of amides is 1. The van der Waals surface area contributed by atoms with Crippen LogP contribution in [0.5, 0.6) is 0 Å². The fraction of sp³-hybridized carbons (Fsp3) is 0.615. The molecule has 106 valence electrons. The summed E-state index contributed by atoms with van der Waals surface area (Å²) in [4.78, 5) is 27.8. The zero-order valence-electron chi connectivity index (χ0n) is 11.8. The van der Waals surface area contributed by atoms with Crippen LogP contribution in [-0.2, 0) is 23.0 Å². The lowest BCUT2D eigenvalue weighted by atomic mass is 9.95. The highest BCUT2D eigenvalue weighted by Gasteiger charge is 2.26. The average molecular weight is 267 g/mol. The van der Waals surface area contributed by atoms with E-state index in [1.165, 1.54) is 7.11 Å². The van der Waals surface area contributed by atoms with Crippen LogP contribution in [0.15, 0.2) is 12.4 Å². The number of carbonyl (C=O) groups excluding carboxylic acids is 2. The molecule has 1 aromatic heterocycles. The summed E-state index contributed by atoms with van der Waals surface area (Å²) in [7, 11) is 3.13. The van der Waals surface area contributed by atoms with Crippen molar-refractivity contribution in [1.82, 2.24) is 14.9 Å². The molecular weight excluding hydrogens is 246 g/mol. The molecule has 19 heavy (non-hydrogen) atoms. The van der Waals surface area contributed by atoms with Gasteiger partial charge < -0.3 is 14.6 Å². The summed E-state index contributed by atoms with van der Waals surface area (Å²) in [5.74, 6) is 0.636.